The zero-order chi connectivity index (χ0) is 17.4. The van der Waals surface area contributed by atoms with E-state index in [1.807, 2.05) is 36.4 Å². The van der Waals surface area contributed by atoms with Gasteiger partial charge in [0.05, 0.1) is 20.0 Å². The molecule has 24 heavy (non-hydrogen) atoms. The Bertz CT molecular complexity index is 688. The summed E-state index contributed by atoms with van der Waals surface area (Å²) in [5.41, 5.74) is 2.29. The first-order chi connectivity index (χ1) is 11.6. The quantitative estimate of drug-likeness (QED) is 0.744. The minimum Gasteiger partial charge on any atom is -0.493 e. The number of rotatable bonds is 8. The van der Waals surface area contributed by atoms with E-state index in [4.69, 9.17) is 9.47 Å². The molecule has 0 aliphatic carbocycles. The minimum absolute atomic E-state index is 0.0451. The number of carbonyl (C=O) groups is 1. The molecule has 0 aliphatic heterocycles. The smallest absolute Gasteiger partial charge is 0.230 e. The van der Waals surface area contributed by atoms with Crippen molar-refractivity contribution in [1.29, 1.82) is 0 Å². The maximum atomic E-state index is 12.0. The second kappa shape index (κ2) is 9.23. The standard InChI is InChI=1S/C19H23NO3S/c1-14-6-4-5-7-18(14)24-13-19(21)20-11-10-15-8-9-16(22-2)17(12-15)23-3/h4-9,12H,10-11,13H2,1-3H3,(H,20,21). The zero-order valence-electron chi connectivity index (χ0n) is 14.3. The maximum absolute atomic E-state index is 12.0. The number of nitrogens with one attached hydrogen (secondary N) is 1. The summed E-state index contributed by atoms with van der Waals surface area (Å²) in [7, 11) is 3.23. The number of aryl methyl sites for hydroxylation is 1. The fraction of sp³-hybridized carbons (Fsp3) is 0.316. The average Bonchev–Trinajstić information content (AvgIpc) is 2.61. The first kappa shape index (κ1) is 18.2. The third-order valence-electron chi connectivity index (χ3n) is 3.64. The van der Waals surface area contributed by atoms with Crippen LogP contribution in [0.4, 0.5) is 0 Å². The minimum atomic E-state index is 0.0451. The molecule has 5 heteroatoms. The second-order valence-electron chi connectivity index (χ2n) is 5.34. The van der Waals surface area contributed by atoms with Crippen LogP contribution in [-0.2, 0) is 11.2 Å². The summed E-state index contributed by atoms with van der Waals surface area (Å²) in [6.45, 7) is 2.65. The summed E-state index contributed by atoms with van der Waals surface area (Å²) < 4.78 is 10.5. The first-order valence-corrected chi connectivity index (χ1v) is 8.78. The van der Waals surface area contributed by atoms with E-state index in [0.717, 1.165) is 16.9 Å². The predicted molar refractivity (Wildman–Crippen MR) is 98.2 cm³/mol. The summed E-state index contributed by atoms with van der Waals surface area (Å²) in [5, 5.41) is 2.96. The van der Waals surface area contributed by atoms with Crippen LogP contribution >= 0.6 is 11.8 Å². The third kappa shape index (κ3) is 5.20. The molecule has 1 N–H and O–H groups in total. The number of amides is 1. The predicted octanol–water partition coefficient (Wildman–Crippen LogP) is 3.46. The van der Waals surface area contributed by atoms with Crippen molar-refractivity contribution in [2.45, 2.75) is 18.2 Å². The maximum Gasteiger partial charge on any atom is 0.230 e. The molecule has 0 aromatic heterocycles. The number of carbonyl (C=O) groups excluding carboxylic acids is 1. The van der Waals surface area contributed by atoms with Crippen LogP contribution < -0.4 is 14.8 Å². The van der Waals surface area contributed by atoms with Crippen LogP contribution in [0.15, 0.2) is 47.4 Å². The van der Waals surface area contributed by atoms with Gasteiger partial charge in [0.1, 0.15) is 0 Å². The van der Waals surface area contributed by atoms with Gasteiger partial charge >= 0.3 is 0 Å². The Morgan fingerprint density at radius 1 is 1.08 bits per heavy atom. The fourth-order valence-electron chi connectivity index (χ4n) is 2.30. The lowest BCUT2D eigenvalue weighted by Gasteiger charge is -2.10. The number of hydrogen-bond donors (Lipinski definition) is 1. The molecule has 0 saturated heterocycles. The average molecular weight is 345 g/mol. The van der Waals surface area contributed by atoms with Gasteiger partial charge in [0.25, 0.3) is 0 Å². The van der Waals surface area contributed by atoms with E-state index < -0.39 is 0 Å². The molecule has 0 atom stereocenters. The highest BCUT2D eigenvalue weighted by Gasteiger charge is 2.06. The van der Waals surface area contributed by atoms with Gasteiger partial charge in [-0.05, 0) is 42.7 Å². The Morgan fingerprint density at radius 2 is 1.83 bits per heavy atom. The van der Waals surface area contributed by atoms with Crippen molar-refractivity contribution < 1.29 is 14.3 Å². The molecule has 2 aromatic rings. The largest absolute Gasteiger partial charge is 0.493 e. The molecule has 2 rings (SSSR count). The molecule has 0 bridgehead atoms. The van der Waals surface area contributed by atoms with E-state index >= 15 is 0 Å². The molecule has 0 saturated carbocycles. The molecule has 128 valence electrons. The van der Waals surface area contributed by atoms with Crippen molar-refractivity contribution >= 4 is 17.7 Å². The summed E-state index contributed by atoms with van der Waals surface area (Å²) in [6.07, 6.45) is 0.751. The Kier molecular flexibility index (Phi) is 7.00. The van der Waals surface area contributed by atoms with Gasteiger partial charge < -0.3 is 14.8 Å². The number of methoxy groups -OCH3 is 2. The van der Waals surface area contributed by atoms with Gasteiger partial charge in [-0.3, -0.25) is 4.79 Å². The van der Waals surface area contributed by atoms with Crippen molar-refractivity contribution in [3.63, 3.8) is 0 Å². The lowest BCUT2D eigenvalue weighted by molar-refractivity contribution is -0.118. The van der Waals surface area contributed by atoms with Crippen LogP contribution in [0.25, 0.3) is 0 Å². The first-order valence-electron chi connectivity index (χ1n) is 7.80. The van der Waals surface area contributed by atoms with Crippen LogP contribution in [0.1, 0.15) is 11.1 Å². The Hall–Kier alpha value is -2.14. The SMILES string of the molecule is COc1ccc(CCNC(=O)CSc2ccccc2C)cc1OC. The van der Waals surface area contributed by atoms with Gasteiger partial charge in [0.2, 0.25) is 5.91 Å². The van der Waals surface area contributed by atoms with Crippen LogP contribution in [0, 0.1) is 6.92 Å². The highest BCUT2D eigenvalue weighted by molar-refractivity contribution is 8.00. The Balaban J connectivity index is 1.77. The van der Waals surface area contributed by atoms with Crippen molar-refractivity contribution in [2.24, 2.45) is 0 Å². The third-order valence-corrected chi connectivity index (χ3v) is 4.81. The monoisotopic (exact) mass is 345 g/mol. The van der Waals surface area contributed by atoms with Gasteiger partial charge in [0.15, 0.2) is 11.5 Å². The summed E-state index contributed by atoms with van der Waals surface area (Å²) in [6, 6.07) is 13.9. The van der Waals surface area contributed by atoms with Crippen molar-refractivity contribution in [3.05, 3.63) is 53.6 Å². The molecule has 4 nitrogen and oxygen atoms in total. The number of thioether (sulfide) groups is 1. The Labute approximate surface area is 147 Å². The highest BCUT2D eigenvalue weighted by atomic mass is 32.2. The Morgan fingerprint density at radius 3 is 2.54 bits per heavy atom. The van der Waals surface area contributed by atoms with Crippen LogP contribution in [0.5, 0.6) is 11.5 Å². The van der Waals surface area contributed by atoms with E-state index in [2.05, 4.69) is 18.3 Å². The number of ether oxygens (including phenoxy) is 2. The highest BCUT2D eigenvalue weighted by Crippen LogP contribution is 2.27. The van der Waals surface area contributed by atoms with E-state index in [9.17, 15) is 4.79 Å². The van der Waals surface area contributed by atoms with E-state index in [1.165, 1.54) is 5.56 Å². The molecule has 0 unspecified atom stereocenters. The van der Waals surface area contributed by atoms with Crippen LogP contribution in [0.3, 0.4) is 0 Å². The molecule has 0 spiro atoms. The van der Waals surface area contributed by atoms with E-state index in [0.29, 0.717) is 23.8 Å². The molecule has 0 heterocycles. The van der Waals surface area contributed by atoms with Gasteiger partial charge in [-0.2, -0.15) is 0 Å². The topological polar surface area (TPSA) is 47.6 Å². The lowest BCUT2D eigenvalue weighted by atomic mass is 10.1. The molecular formula is C19H23NO3S. The lowest BCUT2D eigenvalue weighted by Crippen LogP contribution is -2.27. The van der Waals surface area contributed by atoms with Gasteiger partial charge in [-0.25, -0.2) is 0 Å². The molecule has 0 radical (unpaired) electrons. The number of benzene rings is 2. The van der Waals surface area contributed by atoms with Gasteiger partial charge in [-0.1, -0.05) is 24.3 Å². The van der Waals surface area contributed by atoms with Crippen molar-refractivity contribution in [1.82, 2.24) is 5.32 Å². The molecular weight excluding hydrogens is 322 g/mol. The molecule has 0 aliphatic rings. The summed E-state index contributed by atoms with van der Waals surface area (Å²) >= 11 is 1.56. The zero-order valence-corrected chi connectivity index (χ0v) is 15.1. The van der Waals surface area contributed by atoms with E-state index in [-0.39, 0.29) is 5.91 Å². The van der Waals surface area contributed by atoms with Crippen molar-refractivity contribution in [2.75, 3.05) is 26.5 Å². The van der Waals surface area contributed by atoms with Gasteiger partial charge in [0, 0.05) is 11.4 Å². The fourth-order valence-corrected chi connectivity index (χ4v) is 3.15. The van der Waals surface area contributed by atoms with Crippen LogP contribution in [0.2, 0.25) is 0 Å². The van der Waals surface area contributed by atoms with Gasteiger partial charge in [-0.15, -0.1) is 11.8 Å². The summed E-state index contributed by atoms with van der Waals surface area (Å²) in [4.78, 5) is 13.1. The summed E-state index contributed by atoms with van der Waals surface area (Å²) in [5.74, 6) is 1.89. The normalized spacial score (nSPS) is 10.3. The second-order valence-corrected chi connectivity index (χ2v) is 6.36. The number of hydrogen-bond acceptors (Lipinski definition) is 4. The molecule has 0 fully saturated rings. The van der Waals surface area contributed by atoms with Crippen LogP contribution in [-0.4, -0.2) is 32.4 Å². The molecule has 1 amide bonds. The van der Waals surface area contributed by atoms with E-state index in [1.54, 1.807) is 26.0 Å². The van der Waals surface area contributed by atoms with Crippen molar-refractivity contribution in [3.8, 4) is 11.5 Å². The molecule has 2 aromatic carbocycles.